The van der Waals surface area contributed by atoms with Gasteiger partial charge in [0.05, 0.1) is 12.7 Å². The first-order valence-corrected chi connectivity index (χ1v) is 4.90. The highest BCUT2D eigenvalue weighted by atomic mass is 16.3. The van der Waals surface area contributed by atoms with Crippen molar-refractivity contribution >= 4 is 0 Å². The van der Waals surface area contributed by atoms with Gasteiger partial charge in [-0.1, -0.05) is 0 Å². The summed E-state index contributed by atoms with van der Waals surface area (Å²) in [6, 6.07) is 1.10. The summed E-state index contributed by atoms with van der Waals surface area (Å²) in [6.07, 6.45) is -0.618. The molecule has 0 amide bonds. The number of hydrogen-bond donors (Lipinski definition) is 3. The molecule has 1 fully saturated rings. The maximum Gasteiger partial charge on any atom is 0.0895 e. The van der Waals surface area contributed by atoms with Crippen LogP contribution in [0.4, 0.5) is 0 Å². The molecular formula is C9H20N2O2. The molecule has 1 atom stereocenters. The van der Waals surface area contributed by atoms with E-state index in [0.717, 1.165) is 13.1 Å². The number of rotatable bonds is 5. The van der Waals surface area contributed by atoms with E-state index in [0.29, 0.717) is 18.6 Å². The van der Waals surface area contributed by atoms with Crippen molar-refractivity contribution < 1.29 is 10.2 Å². The number of aliphatic hydroxyl groups is 2. The Kier molecular flexibility index (Phi) is 4.12. The van der Waals surface area contributed by atoms with Crippen molar-refractivity contribution in [3.05, 3.63) is 0 Å². The van der Waals surface area contributed by atoms with Gasteiger partial charge < -0.3 is 15.5 Å². The molecule has 0 aromatic rings. The summed E-state index contributed by atoms with van der Waals surface area (Å²) in [4.78, 5) is 2.36. The Labute approximate surface area is 79.6 Å². The molecule has 0 aromatic carbocycles. The van der Waals surface area contributed by atoms with E-state index >= 15 is 0 Å². The van der Waals surface area contributed by atoms with Crippen molar-refractivity contribution in [3.8, 4) is 0 Å². The Hall–Kier alpha value is -0.160. The zero-order chi connectivity index (χ0) is 9.84. The first kappa shape index (κ1) is 10.9. The monoisotopic (exact) mass is 188 g/mol. The van der Waals surface area contributed by atoms with Gasteiger partial charge >= 0.3 is 0 Å². The van der Waals surface area contributed by atoms with Crippen LogP contribution in [0.5, 0.6) is 0 Å². The van der Waals surface area contributed by atoms with E-state index in [1.54, 1.807) is 0 Å². The Balaban J connectivity index is 2.02. The molecule has 1 heterocycles. The lowest BCUT2D eigenvalue weighted by Crippen LogP contribution is -2.60. The maximum absolute atomic E-state index is 9.08. The second-order valence-electron chi connectivity index (χ2n) is 3.99. The molecule has 13 heavy (non-hydrogen) atoms. The molecule has 1 aliphatic rings. The van der Waals surface area contributed by atoms with Gasteiger partial charge in [0.2, 0.25) is 0 Å². The van der Waals surface area contributed by atoms with Gasteiger partial charge in [-0.05, 0) is 13.8 Å². The minimum atomic E-state index is -0.618. The van der Waals surface area contributed by atoms with Crippen LogP contribution in [0.3, 0.4) is 0 Å². The Morgan fingerprint density at radius 3 is 2.54 bits per heavy atom. The number of nitrogens with zero attached hydrogens (tertiary/aromatic N) is 1. The van der Waals surface area contributed by atoms with Gasteiger partial charge in [-0.15, -0.1) is 0 Å². The number of hydrogen-bond acceptors (Lipinski definition) is 4. The fraction of sp³-hybridized carbons (Fsp3) is 1.00. The average molecular weight is 188 g/mol. The lowest BCUT2D eigenvalue weighted by atomic mass is 10.1. The summed E-state index contributed by atoms with van der Waals surface area (Å²) in [5.41, 5.74) is 0. The third kappa shape index (κ3) is 3.23. The highest BCUT2D eigenvalue weighted by Crippen LogP contribution is 2.11. The van der Waals surface area contributed by atoms with Crippen LogP contribution >= 0.6 is 0 Å². The normalized spacial score (nSPS) is 21.9. The standard InChI is InChI=1S/C9H20N2O2/c1-7(2)11-4-8(5-11)10-3-9(13)6-12/h7-10,12-13H,3-6H2,1-2H3/t9-/m0/s1. The molecule has 0 unspecified atom stereocenters. The van der Waals surface area contributed by atoms with Crippen LogP contribution in [0.15, 0.2) is 0 Å². The third-order valence-electron chi connectivity index (χ3n) is 2.49. The summed E-state index contributed by atoms with van der Waals surface area (Å²) in [7, 11) is 0. The molecular weight excluding hydrogens is 168 g/mol. The van der Waals surface area contributed by atoms with E-state index in [1.165, 1.54) is 0 Å². The van der Waals surface area contributed by atoms with Crippen LogP contribution in [0.2, 0.25) is 0 Å². The van der Waals surface area contributed by atoms with Crippen molar-refractivity contribution in [2.24, 2.45) is 0 Å². The zero-order valence-electron chi connectivity index (χ0n) is 8.40. The van der Waals surface area contributed by atoms with Crippen LogP contribution in [-0.4, -0.2) is 59.5 Å². The van der Waals surface area contributed by atoms with Gasteiger partial charge in [-0.25, -0.2) is 0 Å². The van der Waals surface area contributed by atoms with Crippen LogP contribution < -0.4 is 5.32 Å². The highest BCUT2D eigenvalue weighted by molar-refractivity contribution is 4.87. The predicted molar refractivity (Wildman–Crippen MR) is 51.6 cm³/mol. The molecule has 0 spiro atoms. The molecule has 4 heteroatoms. The Bertz CT molecular complexity index is 147. The van der Waals surface area contributed by atoms with E-state index in [1.807, 2.05) is 0 Å². The first-order chi connectivity index (χ1) is 6.13. The van der Waals surface area contributed by atoms with E-state index in [2.05, 4.69) is 24.1 Å². The first-order valence-electron chi connectivity index (χ1n) is 4.90. The minimum Gasteiger partial charge on any atom is -0.394 e. The second-order valence-corrected chi connectivity index (χ2v) is 3.99. The van der Waals surface area contributed by atoms with Crippen LogP contribution in [0, 0.1) is 0 Å². The van der Waals surface area contributed by atoms with E-state index in [4.69, 9.17) is 10.2 Å². The van der Waals surface area contributed by atoms with Gasteiger partial charge in [0.15, 0.2) is 0 Å². The fourth-order valence-electron chi connectivity index (χ4n) is 1.43. The molecule has 0 radical (unpaired) electrons. The maximum atomic E-state index is 9.08. The second kappa shape index (κ2) is 4.91. The SMILES string of the molecule is CC(C)N1CC(NC[C@H](O)CO)C1. The number of nitrogens with one attached hydrogen (secondary N) is 1. The van der Waals surface area contributed by atoms with Gasteiger partial charge in [-0.3, -0.25) is 4.90 Å². The lowest BCUT2D eigenvalue weighted by molar-refractivity contribution is 0.0612. The summed E-state index contributed by atoms with van der Waals surface area (Å²) in [5.74, 6) is 0. The fourth-order valence-corrected chi connectivity index (χ4v) is 1.43. The number of aliphatic hydroxyl groups excluding tert-OH is 2. The molecule has 3 N–H and O–H groups in total. The van der Waals surface area contributed by atoms with Crippen molar-refractivity contribution in [3.63, 3.8) is 0 Å². The Morgan fingerprint density at radius 1 is 1.46 bits per heavy atom. The number of likely N-dealkylation sites (tertiary alicyclic amines) is 1. The third-order valence-corrected chi connectivity index (χ3v) is 2.49. The summed E-state index contributed by atoms with van der Waals surface area (Å²) >= 11 is 0. The minimum absolute atomic E-state index is 0.159. The molecule has 1 rings (SSSR count). The van der Waals surface area contributed by atoms with Crippen LogP contribution in [-0.2, 0) is 0 Å². The molecule has 0 aliphatic carbocycles. The zero-order valence-corrected chi connectivity index (χ0v) is 8.40. The Morgan fingerprint density at radius 2 is 2.08 bits per heavy atom. The summed E-state index contributed by atoms with van der Waals surface area (Å²) in [5, 5.41) is 20.9. The average Bonchev–Trinajstić information content (AvgIpc) is 2.00. The van der Waals surface area contributed by atoms with Crippen molar-refractivity contribution in [1.29, 1.82) is 0 Å². The van der Waals surface area contributed by atoms with Gasteiger partial charge in [-0.2, -0.15) is 0 Å². The van der Waals surface area contributed by atoms with Crippen molar-refractivity contribution in [1.82, 2.24) is 10.2 Å². The van der Waals surface area contributed by atoms with E-state index in [9.17, 15) is 0 Å². The predicted octanol–water partition coefficient (Wildman–Crippen LogP) is -0.978. The molecule has 0 aromatic heterocycles. The van der Waals surface area contributed by atoms with Gasteiger partial charge in [0.25, 0.3) is 0 Å². The summed E-state index contributed by atoms with van der Waals surface area (Å²) in [6.45, 7) is 6.80. The highest BCUT2D eigenvalue weighted by Gasteiger charge is 2.27. The van der Waals surface area contributed by atoms with Gasteiger partial charge in [0.1, 0.15) is 0 Å². The van der Waals surface area contributed by atoms with Crippen molar-refractivity contribution in [2.45, 2.75) is 32.0 Å². The van der Waals surface area contributed by atoms with E-state index < -0.39 is 6.10 Å². The smallest absolute Gasteiger partial charge is 0.0895 e. The lowest BCUT2D eigenvalue weighted by Gasteiger charge is -2.42. The molecule has 1 saturated heterocycles. The molecule has 78 valence electrons. The van der Waals surface area contributed by atoms with Crippen LogP contribution in [0.25, 0.3) is 0 Å². The molecule has 0 bridgehead atoms. The largest absolute Gasteiger partial charge is 0.394 e. The van der Waals surface area contributed by atoms with E-state index in [-0.39, 0.29) is 6.61 Å². The van der Waals surface area contributed by atoms with Crippen molar-refractivity contribution in [2.75, 3.05) is 26.2 Å². The molecule has 1 aliphatic heterocycles. The molecule has 0 saturated carbocycles. The van der Waals surface area contributed by atoms with Crippen LogP contribution in [0.1, 0.15) is 13.8 Å². The molecule has 4 nitrogen and oxygen atoms in total. The topological polar surface area (TPSA) is 55.7 Å². The quantitative estimate of drug-likeness (QED) is 0.519. The summed E-state index contributed by atoms with van der Waals surface area (Å²) < 4.78 is 0. The van der Waals surface area contributed by atoms with Gasteiger partial charge in [0, 0.05) is 31.7 Å².